The van der Waals surface area contributed by atoms with E-state index in [1.165, 1.54) is 36.4 Å². The van der Waals surface area contributed by atoms with E-state index in [0.29, 0.717) is 10.7 Å². The summed E-state index contributed by atoms with van der Waals surface area (Å²) in [6, 6.07) is 9.06. The fraction of sp³-hybridized carbons (Fsp3) is 0.0667. The SMILES string of the molecule is C=CCN(c1ccc(Cl)c(Cl)c1)S(=O)(=O)c1ccc([N+](=O)[O-])cc1. The lowest BCUT2D eigenvalue weighted by atomic mass is 10.3. The quantitative estimate of drug-likeness (QED) is 0.421. The summed E-state index contributed by atoms with van der Waals surface area (Å²) in [7, 11) is -3.95. The Labute approximate surface area is 149 Å². The maximum absolute atomic E-state index is 12.8. The third-order valence-corrected chi connectivity index (χ3v) is 5.67. The Bertz CT molecular complexity index is 883. The molecule has 0 saturated heterocycles. The Balaban J connectivity index is 2.50. The summed E-state index contributed by atoms with van der Waals surface area (Å²) in [5.41, 5.74) is 0.112. The van der Waals surface area contributed by atoms with Gasteiger partial charge in [0.1, 0.15) is 0 Å². The molecule has 0 N–H and O–H groups in total. The van der Waals surface area contributed by atoms with Crippen LogP contribution in [0.15, 0.2) is 60.0 Å². The maximum Gasteiger partial charge on any atom is 0.269 e. The molecule has 0 aliphatic heterocycles. The predicted octanol–water partition coefficient (Wildman–Crippen LogP) is 4.28. The number of sulfonamides is 1. The van der Waals surface area contributed by atoms with Crippen molar-refractivity contribution >= 4 is 44.6 Å². The molecule has 24 heavy (non-hydrogen) atoms. The molecule has 0 radical (unpaired) electrons. The van der Waals surface area contributed by atoms with Crippen molar-refractivity contribution < 1.29 is 13.3 Å². The van der Waals surface area contributed by atoms with Crippen molar-refractivity contribution in [2.75, 3.05) is 10.8 Å². The zero-order chi connectivity index (χ0) is 17.9. The highest BCUT2D eigenvalue weighted by Gasteiger charge is 2.25. The van der Waals surface area contributed by atoms with E-state index in [2.05, 4.69) is 6.58 Å². The van der Waals surface area contributed by atoms with E-state index in [0.717, 1.165) is 16.4 Å². The van der Waals surface area contributed by atoms with Crippen LogP contribution in [-0.4, -0.2) is 19.9 Å². The number of benzene rings is 2. The van der Waals surface area contributed by atoms with Crippen LogP contribution in [0.3, 0.4) is 0 Å². The van der Waals surface area contributed by atoms with Crippen molar-refractivity contribution in [2.45, 2.75) is 4.90 Å². The van der Waals surface area contributed by atoms with Crippen LogP contribution in [-0.2, 0) is 10.0 Å². The molecule has 0 bridgehead atoms. The van der Waals surface area contributed by atoms with Gasteiger partial charge in [0.25, 0.3) is 15.7 Å². The van der Waals surface area contributed by atoms with Crippen molar-refractivity contribution in [1.82, 2.24) is 0 Å². The van der Waals surface area contributed by atoms with Gasteiger partial charge in [0.15, 0.2) is 0 Å². The highest BCUT2D eigenvalue weighted by Crippen LogP contribution is 2.30. The molecule has 0 fully saturated rings. The summed E-state index contributed by atoms with van der Waals surface area (Å²) in [4.78, 5) is 10.0. The summed E-state index contributed by atoms with van der Waals surface area (Å²) in [6.07, 6.45) is 1.42. The van der Waals surface area contributed by atoms with Crippen molar-refractivity contribution in [3.8, 4) is 0 Å². The maximum atomic E-state index is 12.8. The zero-order valence-electron chi connectivity index (χ0n) is 12.2. The van der Waals surface area contributed by atoms with Crippen LogP contribution in [0, 0.1) is 10.1 Å². The van der Waals surface area contributed by atoms with E-state index in [1.54, 1.807) is 0 Å². The van der Waals surface area contributed by atoms with Gasteiger partial charge in [-0.25, -0.2) is 8.42 Å². The van der Waals surface area contributed by atoms with Crippen molar-refractivity contribution in [3.63, 3.8) is 0 Å². The van der Waals surface area contributed by atoms with E-state index in [4.69, 9.17) is 23.2 Å². The molecule has 0 unspecified atom stereocenters. The Kier molecular flexibility index (Phi) is 5.48. The first kappa shape index (κ1) is 18.3. The van der Waals surface area contributed by atoms with Crippen molar-refractivity contribution in [2.24, 2.45) is 0 Å². The largest absolute Gasteiger partial charge is 0.269 e. The van der Waals surface area contributed by atoms with Gasteiger partial charge in [-0.15, -0.1) is 6.58 Å². The smallest absolute Gasteiger partial charge is 0.262 e. The predicted molar refractivity (Wildman–Crippen MR) is 94.3 cm³/mol. The molecule has 2 rings (SSSR count). The van der Waals surface area contributed by atoms with Gasteiger partial charge in [-0.2, -0.15) is 0 Å². The van der Waals surface area contributed by atoms with Crippen LogP contribution in [0.5, 0.6) is 0 Å². The second-order valence-corrected chi connectivity index (χ2v) is 7.35. The van der Waals surface area contributed by atoms with E-state index >= 15 is 0 Å². The summed E-state index contributed by atoms with van der Waals surface area (Å²) in [5.74, 6) is 0. The van der Waals surface area contributed by atoms with Gasteiger partial charge >= 0.3 is 0 Å². The Morgan fingerprint density at radius 2 is 1.75 bits per heavy atom. The van der Waals surface area contributed by atoms with Crippen molar-refractivity contribution in [1.29, 1.82) is 0 Å². The van der Waals surface area contributed by atoms with Gasteiger partial charge in [0.2, 0.25) is 0 Å². The topological polar surface area (TPSA) is 80.5 Å². The lowest BCUT2D eigenvalue weighted by molar-refractivity contribution is -0.384. The van der Waals surface area contributed by atoms with Gasteiger partial charge in [0, 0.05) is 12.1 Å². The highest BCUT2D eigenvalue weighted by molar-refractivity contribution is 7.92. The second kappa shape index (κ2) is 7.21. The second-order valence-electron chi connectivity index (χ2n) is 4.67. The van der Waals surface area contributed by atoms with Crippen LogP contribution in [0.2, 0.25) is 10.0 Å². The molecule has 0 aromatic heterocycles. The number of non-ortho nitro benzene ring substituents is 1. The number of rotatable bonds is 6. The van der Waals surface area contributed by atoms with Crippen LogP contribution in [0.1, 0.15) is 0 Å². The zero-order valence-corrected chi connectivity index (χ0v) is 14.6. The third-order valence-electron chi connectivity index (χ3n) is 3.12. The lowest BCUT2D eigenvalue weighted by Crippen LogP contribution is -2.31. The molecule has 0 spiro atoms. The van der Waals surface area contributed by atoms with Crippen LogP contribution >= 0.6 is 23.2 Å². The van der Waals surface area contributed by atoms with E-state index in [-0.39, 0.29) is 22.2 Å². The molecule has 0 heterocycles. The molecule has 6 nitrogen and oxygen atoms in total. The fourth-order valence-electron chi connectivity index (χ4n) is 1.97. The Hall–Kier alpha value is -2.09. The number of hydrogen-bond acceptors (Lipinski definition) is 4. The molecule has 2 aromatic carbocycles. The number of nitro benzene ring substituents is 1. The minimum Gasteiger partial charge on any atom is -0.262 e. The van der Waals surface area contributed by atoms with Gasteiger partial charge in [-0.05, 0) is 30.3 Å². The minimum atomic E-state index is -3.95. The average molecular weight is 387 g/mol. The molecule has 126 valence electrons. The fourth-order valence-corrected chi connectivity index (χ4v) is 3.69. The van der Waals surface area contributed by atoms with E-state index < -0.39 is 14.9 Å². The first-order valence-corrected chi connectivity index (χ1v) is 8.80. The normalized spacial score (nSPS) is 11.1. The molecular weight excluding hydrogens is 375 g/mol. The van der Waals surface area contributed by atoms with Crippen LogP contribution < -0.4 is 4.31 Å². The summed E-state index contributed by atoms with van der Waals surface area (Å²) >= 11 is 11.8. The minimum absolute atomic E-state index is 0.00270. The number of nitrogens with zero attached hydrogens (tertiary/aromatic N) is 2. The summed E-state index contributed by atoms with van der Waals surface area (Å²) in [6.45, 7) is 3.55. The average Bonchev–Trinajstić information content (AvgIpc) is 2.55. The molecule has 2 aromatic rings. The Morgan fingerprint density at radius 1 is 1.12 bits per heavy atom. The molecule has 9 heteroatoms. The Morgan fingerprint density at radius 3 is 2.25 bits per heavy atom. The van der Waals surface area contributed by atoms with E-state index in [9.17, 15) is 18.5 Å². The number of hydrogen-bond donors (Lipinski definition) is 0. The summed E-state index contributed by atoms with van der Waals surface area (Å²) < 4.78 is 26.8. The van der Waals surface area contributed by atoms with Gasteiger partial charge in [-0.1, -0.05) is 29.3 Å². The van der Waals surface area contributed by atoms with Crippen LogP contribution in [0.4, 0.5) is 11.4 Å². The third kappa shape index (κ3) is 3.69. The molecule has 0 aliphatic rings. The molecule has 0 aliphatic carbocycles. The number of halogens is 2. The number of nitro groups is 1. The van der Waals surface area contributed by atoms with Gasteiger partial charge in [0.05, 0.1) is 32.1 Å². The molecule has 0 saturated carbocycles. The van der Waals surface area contributed by atoms with Crippen molar-refractivity contribution in [3.05, 3.63) is 75.3 Å². The van der Waals surface area contributed by atoms with E-state index in [1.807, 2.05) is 0 Å². The van der Waals surface area contributed by atoms with Gasteiger partial charge in [-0.3, -0.25) is 14.4 Å². The number of anilines is 1. The monoisotopic (exact) mass is 386 g/mol. The molecular formula is C15H12Cl2N2O4S. The van der Waals surface area contributed by atoms with Gasteiger partial charge < -0.3 is 0 Å². The molecule has 0 atom stereocenters. The summed E-state index contributed by atoms with van der Waals surface area (Å²) in [5, 5.41) is 11.2. The first-order valence-electron chi connectivity index (χ1n) is 6.60. The van der Waals surface area contributed by atoms with Crippen LogP contribution in [0.25, 0.3) is 0 Å². The standard InChI is InChI=1S/C15H12Cl2N2O4S/c1-2-9-18(12-5-8-14(16)15(17)10-12)24(22,23)13-6-3-11(4-7-13)19(20)21/h2-8,10H,1,9H2. The first-order chi connectivity index (χ1) is 11.3. The lowest BCUT2D eigenvalue weighted by Gasteiger charge is -2.23. The molecule has 0 amide bonds. The highest BCUT2D eigenvalue weighted by atomic mass is 35.5.